The maximum atomic E-state index is 9.71. The van der Waals surface area contributed by atoms with Crippen molar-refractivity contribution in [2.45, 2.75) is 45.8 Å². The average Bonchev–Trinajstić information content (AvgIpc) is 2.29. The molecule has 1 saturated carbocycles. The zero-order valence-electron chi connectivity index (χ0n) is 10.4. The summed E-state index contributed by atoms with van der Waals surface area (Å²) in [6, 6.07) is 0.230. The van der Waals surface area contributed by atoms with E-state index in [2.05, 4.69) is 15.3 Å². The Labute approximate surface area is 106 Å². The smallest absolute Gasteiger partial charge is 0.137 e. The average molecular weight is 256 g/mol. The molecule has 2 rings (SSSR count). The van der Waals surface area contributed by atoms with Gasteiger partial charge in [-0.3, -0.25) is 0 Å². The van der Waals surface area contributed by atoms with Crippen LogP contribution in [0.1, 0.15) is 32.8 Å². The predicted octanol–water partition coefficient (Wildman–Crippen LogP) is 2.26. The van der Waals surface area contributed by atoms with Crippen LogP contribution in [-0.4, -0.2) is 27.2 Å². The third-order valence-corrected chi connectivity index (χ3v) is 4.10. The fourth-order valence-electron chi connectivity index (χ4n) is 2.14. The van der Waals surface area contributed by atoms with E-state index in [1.807, 2.05) is 20.8 Å². The molecule has 1 aromatic rings. The Morgan fingerprint density at radius 1 is 1.53 bits per heavy atom. The molecular weight excluding hydrogens is 238 g/mol. The molecule has 94 valence electrons. The molecule has 2 unspecified atom stereocenters. The van der Waals surface area contributed by atoms with Crippen LogP contribution in [0.4, 0.5) is 5.82 Å². The summed E-state index contributed by atoms with van der Waals surface area (Å²) in [4.78, 5) is 8.21. The fourth-order valence-corrected chi connectivity index (χ4v) is 2.41. The van der Waals surface area contributed by atoms with Crippen molar-refractivity contribution in [2.24, 2.45) is 5.41 Å². The van der Waals surface area contributed by atoms with E-state index < -0.39 is 0 Å². The van der Waals surface area contributed by atoms with Gasteiger partial charge in [0, 0.05) is 17.0 Å². The lowest BCUT2D eigenvalue weighted by atomic mass is 9.64. The Bertz CT molecular complexity index is 422. The Kier molecular flexibility index (Phi) is 3.27. The lowest BCUT2D eigenvalue weighted by Crippen LogP contribution is -2.57. The van der Waals surface area contributed by atoms with Gasteiger partial charge in [0.05, 0.1) is 6.10 Å². The van der Waals surface area contributed by atoms with Crippen molar-refractivity contribution in [3.8, 4) is 0 Å². The first-order valence-corrected chi connectivity index (χ1v) is 6.28. The van der Waals surface area contributed by atoms with Gasteiger partial charge < -0.3 is 10.4 Å². The molecule has 2 N–H and O–H groups in total. The van der Waals surface area contributed by atoms with Crippen LogP contribution in [0.25, 0.3) is 0 Å². The summed E-state index contributed by atoms with van der Waals surface area (Å²) in [6.45, 7) is 6.12. The van der Waals surface area contributed by atoms with Crippen molar-refractivity contribution in [1.82, 2.24) is 9.97 Å². The summed E-state index contributed by atoms with van der Waals surface area (Å²) >= 11 is 6.03. The number of aliphatic hydroxyl groups excluding tert-OH is 1. The van der Waals surface area contributed by atoms with Crippen LogP contribution in [0.2, 0.25) is 5.15 Å². The van der Waals surface area contributed by atoms with E-state index in [-0.39, 0.29) is 17.6 Å². The highest BCUT2D eigenvalue weighted by atomic mass is 35.5. The lowest BCUT2D eigenvalue weighted by Gasteiger charge is -2.49. The Morgan fingerprint density at radius 2 is 2.24 bits per heavy atom. The monoisotopic (exact) mass is 255 g/mol. The van der Waals surface area contributed by atoms with E-state index in [0.29, 0.717) is 5.15 Å². The summed E-state index contributed by atoms with van der Waals surface area (Å²) < 4.78 is 0. The molecule has 1 fully saturated rings. The molecule has 0 amide bonds. The zero-order valence-corrected chi connectivity index (χ0v) is 11.1. The molecule has 0 spiro atoms. The Hall–Kier alpha value is -0.870. The normalized spacial score (nSPS) is 26.4. The number of halogens is 1. The lowest BCUT2D eigenvalue weighted by molar-refractivity contribution is -0.0511. The molecule has 1 aliphatic carbocycles. The topological polar surface area (TPSA) is 58.0 Å². The molecule has 5 heteroatoms. The van der Waals surface area contributed by atoms with Crippen molar-refractivity contribution < 1.29 is 5.11 Å². The standard InChI is InChI=1S/C12H18ClN3O/c1-4-7-10(13)14-6-15-11(7)16-8-5-9(17)12(8,2)3/h6,8-9,17H,4-5H2,1-3H3,(H,14,15,16). The first-order chi connectivity index (χ1) is 7.96. The molecule has 0 bridgehead atoms. The summed E-state index contributed by atoms with van der Waals surface area (Å²) in [5.74, 6) is 0.789. The second kappa shape index (κ2) is 4.42. The first kappa shape index (κ1) is 12.6. The van der Waals surface area contributed by atoms with E-state index in [4.69, 9.17) is 11.6 Å². The SMILES string of the molecule is CCc1c(Cl)ncnc1NC1CC(O)C1(C)C. The van der Waals surface area contributed by atoms with Crippen LogP contribution >= 0.6 is 11.6 Å². The second-order valence-corrected chi connectivity index (χ2v) is 5.47. The zero-order chi connectivity index (χ0) is 12.6. The maximum Gasteiger partial charge on any atom is 0.137 e. The van der Waals surface area contributed by atoms with Gasteiger partial charge in [-0.05, 0) is 12.8 Å². The number of hydrogen-bond donors (Lipinski definition) is 2. The molecule has 1 heterocycles. The van der Waals surface area contributed by atoms with Gasteiger partial charge in [0.1, 0.15) is 17.3 Å². The largest absolute Gasteiger partial charge is 0.392 e. The number of hydrogen-bond acceptors (Lipinski definition) is 4. The Morgan fingerprint density at radius 3 is 2.76 bits per heavy atom. The van der Waals surface area contributed by atoms with E-state index in [1.54, 1.807) is 0 Å². The van der Waals surface area contributed by atoms with Gasteiger partial charge in [-0.25, -0.2) is 9.97 Å². The minimum Gasteiger partial charge on any atom is -0.392 e. The van der Waals surface area contributed by atoms with Crippen LogP contribution in [-0.2, 0) is 6.42 Å². The highest BCUT2D eigenvalue weighted by Gasteiger charge is 2.47. The van der Waals surface area contributed by atoms with Gasteiger partial charge in [0.15, 0.2) is 0 Å². The molecular formula is C12H18ClN3O. The molecule has 1 aliphatic rings. The number of anilines is 1. The van der Waals surface area contributed by atoms with Crippen LogP contribution in [0.5, 0.6) is 0 Å². The molecule has 1 aromatic heterocycles. The van der Waals surface area contributed by atoms with E-state index >= 15 is 0 Å². The van der Waals surface area contributed by atoms with Gasteiger partial charge >= 0.3 is 0 Å². The van der Waals surface area contributed by atoms with E-state index in [0.717, 1.165) is 24.2 Å². The van der Waals surface area contributed by atoms with Crippen LogP contribution in [0, 0.1) is 5.41 Å². The molecule has 4 nitrogen and oxygen atoms in total. The van der Waals surface area contributed by atoms with Crippen molar-refractivity contribution >= 4 is 17.4 Å². The summed E-state index contributed by atoms with van der Waals surface area (Å²) in [7, 11) is 0. The van der Waals surface area contributed by atoms with Gasteiger partial charge in [-0.2, -0.15) is 0 Å². The number of aromatic nitrogens is 2. The minimum atomic E-state index is -0.248. The van der Waals surface area contributed by atoms with Crippen molar-refractivity contribution in [1.29, 1.82) is 0 Å². The Balaban J connectivity index is 2.18. The van der Waals surface area contributed by atoms with Crippen LogP contribution < -0.4 is 5.32 Å². The van der Waals surface area contributed by atoms with Gasteiger partial charge in [-0.1, -0.05) is 32.4 Å². The number of nitrogens with zero attached hydrogens (tertiary/aromatic N) is 2. The summed E-state index contributed by atoms with van der Waals surface area (Å²) in [5.41, 5.74) is 0.814. The quantitative estimate of drug-likeness (QED) is 0.814. The molecule has 2 atom stereocenters. The number of aliphatic hydroxyl groups is 1. The minimum absolute atomic E-state index is 0.123. The van der Waals surface area contributed by atoms with Crippen LogP contribution in [0.3, 0.4) is 0 Å². The van der Waals surface area contributed by atoms with Crippen LogP contribution in [0.15, 0.2) is 6.33 Å². The number of rotatable bonds is 3. The molecule has 0 saturated heterocycles. The summed E-state index contributed by atoms with van der Waals surface area (Å²) in [6.07, 6.45) is 2.75. The van der Waals surface area contributed by atoms with Crippen molar-refractivity contribution in [2.75, 3.05) is 5.32 Å². The highest BCUT2D eigenvalue weighted by molar-refractivity contribution is 6.30. The van der Waals surface area contributed by atoms with Gasteiger partial charge in [-0.15, -0.1) is 0 Å². The summed E-state index contributed by atoms with van der Waals surface area (Å²) in [5, 5.41) is 13.6. The van der Waals surface area contributed by atoms with E-state index in [9.17, 15) is 5.11 Å². The molecule has 0 aromatic carbocycles. The van der Waals surface area contributed by atoms with Crippen molar-refractivity contribution in [3.05, 3.63) is 17.0 Å². The van der Waals surface area contributed by atoms with Gasteiger partial charge in [0.2, 0.25) is 0 Å². The maximum absolute atomic E-state index is 9.71. The first-order valence-electron chi connectivity index (χ1n) is 5.90. The predicted molar refractivity (Wildman–Crippen MR) is 68.2 cm³/mol. The molecule has 0 aliphatic heterocycles. The number of nitrogens with one attached hydrogen (secondary N) is 1. The molecule has 0 radical (unpaired) electrons. The van der Waals surface area contributed by atoms with E-state index in [1.165, 1.54) is 6.33 Å². The molecule has 17 heavy (non-hydrogen) atoms. The van der Waals surface area contributed by atoms with Crippen molar-refractivity contribution in [3.63, 3.8) is 0 Å². The van der Waals surface area contributed by atoms with Gasteiger partial charge in [0.25, 0.3) is 0 Å². The second-order valence-electron chi connectivity index (χ2n) is 5.11. The third kappa shape index (κ3) is 2.11. The highest BCUT2D eigenvalue weighted by Crippen LogP contribution is 2.42. The third-order valence-electron chi connectivity index (χ3n) is 3.77. The fraction of sp³-hybridized carbons (Fsp3) is 0.667.